The van der Waals surface area contributed by atoms with E-state index in [1.54, 1.807) is 30.3 Å². The Balaban J connectivity index is 1.78. The molecule has 30 heavy (non-hydrogen) atoms. The molecule has 2 amide bonds. The summed E-state index contributed by atoms with van der Waals surface area (Å²) < 4.78 is 11.1. The van der Waals surface area contributed by atoms with Crippen molar-refractivity contribution in [3.8, 4) is 5.75 Å². The molecule has 2 rings (SSSR count). The SMILES string of the molecule is C=C(CC(=O)Nc1ccccc1C(=O)OC)NNC(=O)COc1ccc(Br)cc1C. The highest BCUT2D eigenvalue weighted by molar-refractivity contribution is 9.10. The third-order valence-corrected chi connectivity index (χ3v) is 4.35. The van der Waals surface area contributed by atoms with Crippen molar-refractivity contribution in [3.63, 3.8) is 0 Å². The van der Waals surface area contributed by atoms with Crippen molar-refractivity contribution in [3.05, 3.63) is 70.3 Å². The number of anilines is 1. The summed E-state index contributed by atoms with van der Waals surface area (Å²) in [6.07, 6.45) is -0.123. The molecule has 2 aromatic carbocycles. The summed E-state index contributed by atoms with van der Waals surface area (Å²) >= 11 is 3.36. The fourth-order valence-electron chi connectivity index (χ4n) is 2.42. The van der Waals surface area contributed by atoms with Crippen LogP contribution in [0, 0.1) is 6.92 Å². The van der Waals surface area contributed by atoms with Gasteiger partial charge in [0, 0.05) is 10.2 Å². The summed E-state index contributed by atoms with van der Waals surface area (Å²) in [6.45, 7) is 5.36. The first kappa shape index (κ1) is 23.0. The van der Waals surface area contributed by atoms with Crippen molar-refractivity contribution in [2.45, 2.75) is 13.3 Å². The summed E-state index contributed by atoms with van der Waals surface area (Å²) in [4.78, 5) is 35.9. The zero-order chi connectivity index (χ0) is 22.1. The second-order valence-electron chi connectivity index (χ2n) is 6.24. The van der Waals surface area contributed by atoms with E-state index in [4.69, 9.17) is 9.47 Å². The molecule has 9 heteroatoms. The lowest BCUT2D eigenvalue weighted by atomic mass is 10.1. The molecule has 0 aromatic heterocycles. The third kappa shape index (κ3) is 6.93. The van der Waals surface area contributed by atoms with Gasteiger partial charge in [-0.25, -0.2) is 4.79 Å². The van der Waals surface area contributed by atoms with Crippen LogP contribution < -0.4 is 20.9 Å². The highest BCUT2D eigenvalue weighted by Gasteiger charge is 2.14. The number of hydrazine groups is 1. The lowest BCUT2D eigenvalue weighted by Gasteiger charge is -2.13. The first-order valence-corrected chi connectivity index (χ1v) is 9.68. The van der Waals surface area contributed by atoms with Gasteiger partial charge in [0.15, 0.2) is 6.61 Å². The van der Waals surface area contributed by atoms with Crippen LogP contribution in [0.2, 0.25) is 0 Å². The Bertz CT molecular complexity index is 961. The highest BCUT2D eigenvalue weighted by Crippen LogP contribution is 2.22. The van der Waals surface area contributed by atoms with Crippen LogP contribution in [0.5, 0.6) is 5.75 Å². The van der Waals surface area contributed by atoms with Gasteiger partial charge in [0.25, 0.3) is 5.91 Å². The van der Waals surface area contributed by atoms with Crippen LogP contribution in [0.1, 0.15) is 22.3 Å². The van der Waals surface area contributed by atoms with Gasteiger partial charge in [0.1, 0.15) is 5.75 Å². The number of carbonyl (C=O) groups excluding carboxylic acids is 3. The maximum absolute atomic E-state index is 12.2. The van der Waals surface area contributed by atoms with Gasteiger partial charge in [0.05, 0.1) is 24.8 Å². The summed E-state index contributed by atoms with van der Waals surface area (Å²) in [7, 11) is 1.26. The number of hydrogen-bond acceptors (Lipinski definition) is 6. The largest absolute Gasteiger partial charge is 0.483 e. The molecule has 2 aromatic rings. The van der Waals surface area contributed by atoms with Crippen LogP contribution in [0.4, 0.5) is 5.69 Å². The molecule has 158 valence electrons. The van der Waals surface area contributed by atoms with Crippen molar-refractivity contribution in [1.29, 1.82) is 0 Å². The molecule has 0 aliphatic rings. The number of ether oxygens (including phenoxy) is 2. The van der Waals surface area contributed by atoms with E-state index in [0.29, 0.717) is 11.4 Å². The Hall–Kier alpha value is -3.33. The minimum Gasteiger partial charge on any atom is -0.483 e. The van der Waals surface area contributed by atoms with E-state index < -0.39 is 17.8 Å². The van der Waals surface area contributed by atoms with Gasteiger partial charge in [-0.15, -0.1) is 0 Å². The molecular formula is C21H22BrN3O5. The molecule has 3 N–H and O–H groups in total. The summed E-state index contributed by atoms with van der Waals surface area (Å²) in [5.41, 5.74) is 6.70. The highest BCUT2D eigenvalue weighted by atomic mass is 79.9. The Morgan fingerprint density at radius 3 is 2.50 bits per heavy atom. The molecule has 8 nitrogen and oxygen atoms in total. The molecule has 0 heterocycles. The molecule has 0 spiro atoms. The molecule has 0 radical (unpaired) electrons. The molecular weight excluding hydrogens is 454 g/mol. The minimum atomic E-state index is -0.559. The Kier molecular flexibility index (Phi) is 8.42. The van der Waals surface area contributed by atoms with Crippen molar-refractivity contribution < 1.29 is 23.9 Å². The van der Waals surface area contributed by atoms with E-state index in [0.717, 1.165) is 10.0 Å². The number of hydrogen-bond donors (Lipinski definition) is 3. The third-order valence-electron chi connectivity index (χ3n) is 3.85. The van der Waals surface area contributed by atoms with E-state index in [9.17, 15) is 14.4 Å². The second kappa shape index (κ2) is 11.0. The molecule has 0 aliphatic heterocycles. The maximum Gasteiger partial charge on any atom is 0.339 e. The van der Waals surface area contributed by atoms with Crippen LogP contribution in [-0.4, -0.2) is 31.5 Å². The van der Waals surface area contributed by atoms with Gasteiger partial charge >= 0.3 is 5.97 Å². The predicted molar refractivity (Wildman–Crippen MR) is 116 cm³/mol. The predicted octanol–water partition coefficient (Wildman–Crippen LogP) is 3.09. The standard InChI is InChI=1S/C21H22BrN3O5/c1-13-10-15(22)8-9-18(13)30-12-20(27)25-24-14(2)11-19(26)23-17-7-5-4-6-16(17)21(28)29-3/h4-10,24H,2,11-12H2,1,3H3,(H,23,26)(H,25,27). The quantitative estimate of drug-likeness (QED) is 0.380. The van der Waals surface area contributed by atoms with Crippen LogP contribution in [0.15, 0.2) is 59.2 Å². The number of carbonyl (C=O) groups is 3. The molecule has 0 fully saturated rings. The zero-order valence-electron chi connectivity index (χ0n) is 16.6. The van der Waals surface area contributed by atoms with Crippen LogP contribution in [0.3, 0.4) is 0 Å². The van der Waals surface area contributed by atoms with Crippen molar-refractivity contribution in [2.75, 3.05) is 19.0 Å². The first-order chi connectivity index (χ1) is 14.3. The Labute approximate surface area is 182 Å². The van der Waals surface area contributed by atoms with Gasteiger partial charge in [0.2, 0.25) is 5.91 Å². The van der Waals surface area contributed by atoms with Gasteiger partial charge in [-0.3, -0.25) is 15.0 Å². The van der Waals surface area contributed by atoms with Crippen LogP contribution in [0.25, 0.3) is 0 Å². The molecule has 0 saturated heterocycles. The number of rotatable bonds is 9. The number of methoxy groups -OCH3 is 1. The first-order valence-electron chi connectivity index (χ1n) is 8.89. The summed E-state index contributed by atoms with van der Waals surface area (Å²) in [6, 6.07) is 11.9. The summed E-state index contributed by atoms with van der Waals surface area (Å²) in [5.74, 6) is -0.818. The number of amides is 2. The average molecular weight is 476 g/mol. The number of esters is 1. The fraction of sp³-hybridized carbons (Fsp3) is 0.190. The zero-order valence-corrected chi connectivity index (χ0v) is 18.2. The van der Waals surface area contributed by atoms with Gasteiger partial charge in [-0.1, -0.05) is 34.6 Å². The number of nitrogens with one attached hydrogen (secondary N) is 3. The second-order valence-corrected chi connectivity index (χ2v) is 7.15. The molecule has 0 bridgehead atoms. The van der Waals surface area contributed by atoms with Crippen molar-refractivity contribution in [2.24, 2.45) is 0 Å². The number of benzene rings is 2. The van der Waals surface area contributed by atoms with Crippen molar-refractivity contribution >= 4 is 39.4 Å². The monoisotopic (exact) mass is 475 g/mol. The Morgan fingerprint density at radius 2 is 1.80 bits per heavy atom. The molecule has 0 unspecified atom stereocenters. The lowest BCUT2D eigenvalue weighted by molar-refractivity contribution is -0.124. The smallest absolute Gasteiger partial charge is 0.339 e. The van der Waals surface area contributed by atoms with Gasteiger partial charge < -0.3 is 20.2 Å². The van der Waals surface area contributed by atoms with Crippen molar-refractivity contribution in [1.82, 2.24) is 10.9 Å². The lowest BCUT2D eigenvalue weighted by Crippen LogP contribution is -2.40. The summed E-state index contributed by atoms with van der Waals surface area (Å²) in [5, 5.41) is 2.62. The number of halogens is 1. The number of para-hydroxylation sites is 1. The fourth-order valence-corrected chi connectivity index (χ4v) is 2.90. The maximum atomic E-state index is 12.2. The average Bonchev–Trinajstić information content (AvgIpc) is 2.71. The molecule has 0 atom stereocenters. The van der Waals surface area contributed by atoms with Gasteiger partial charge in [-0.2, -0.15) is 0 Å². The topological polar surface area (TPSA) is 106 Å². The normalized spacial score (nSPS) is 9.97. The number of aryl methyl sites for hydroxylation is 1. The molecule has 0 aliphatic carbocycles. The van der Waals surface area contributed by atoms with E-state index in [1.807, 2.05) is 19.1 Å². The van der Waals surface area contributed by atoms with E-state index >= 15 is 0 Å². The van der Waals surface area contributed by atoms with Crippen LogP contribution >= 0.6 is 15.9 Å². The minimum absolute atomic E-state index is 0.123. The van der Waals surface area contributed by atoms with Gasteiger partial charge in [-0.05, 0) is 42.8 Å². The molecule has 0 saturated carbocycles. The van der Waals surface area contributed by atoms with E-state index in [-0.39, 0.29) is 24.3 Å². The van der Waals surface area contributed by atoms with E-state index in [2.05, 4.69) is 38.7 Å². The van der Waals surface area contributed by atoms with Crippen LogP contribution in [-0.2, 0) is 14.3 Å². The van der Waals surface area contributed by atoms with E-state index in [1.165, 1.54) is 7.11 Å². The Morgan fingerprint density at radius 1 is 1.07 bits per heavy atom.